The highest BCUT2D eigenvalue weighted by Crippen LogP contribution is 2.58. The fourth-order valence-corrected chi connectivity index (χ4v) is 5.29. The maximum atomic E-state index is 11.8. The van der Waals surface area contributed by atoms with E-state index in [1.54, 1.807) is 0 Å². The molecule has 2 rings (SSSR count). The van der Waals surface area contributed by atoms with E-state index >= 15 is 0 Å². The average molecular weight is 325 g/mol. The van der Waals surface area contributed by atoms with Crippen LogP contribution in [0.15, 0.2) is 0 Å². The van der Waals surface area contributed by atoms with Crippen LogP contribution in [0.4, 0.5) is 0 Å². The lowest BCUT2D eigenvalue weighted by Gasteiger charge is -2.45. The molecular weight excluding hydrogens is 288 g/mol. The van der Waals surface area contributed by atoms with E-state index in [-0.39, 0.29) is 17.7 Å². The van der Waals surface area contributed by atoms with E-state index in [1.807, 2.05) is 20.8 Å². The summed E-state index contributed by atoms with van der Waals surface area (Å²) in [6.07, 6.45) is 8.26. The third-order valence-electron chi connectivity index (χ3n) is 6.31. The largest absolute Gasteiger partial charge is 0.460 e. The van der Waals surface area contributed by atoms with Gasteiger partial charge in [0.2, 0.25) is 0 Å². The summed E-state index contributed by atoms with van der Waals surface area (Å²) >= 11 is 0. The first-order valence-electron chi connectivity index (χ1n) is 9.53. The molecule has 0 aromatic heterocycles. The molecule has 2 saturated carbocycles. The third-order valence-corrected chi connectivity index (χ3v) is 6.31. The number of fused-ring (bicyclic) bond motifs is 1. The minimum Gasteiger partial charge on any atom is -0.460 e. The molecule has 0 aliphatic heterocycles. The van der Waals surface area contributed by atoms with Crippen LogP contribution in [0.1, 0.15) is 86.0 Å². The number of aliphatic hydroxyl groups excluding tert-OH is 1. The Labute approximate surface area is 142 Å². The number of esters is 1. The molecule has 5 atom stereocenters. The normalized spacial score (nSPS) is 35.7. The van der Waals surface area contributed by atoms with Crippen molar-refractivity contribution in [3.63, 3.8) is 0 Å². The first-order chi connectivity index (χ1) is 10.6. The number of rotatable bonds is 5. The molecule has 1 unspecified atom stereocenters. The molecule has 1 N–H and O–H groups in total. The number of aliphatic hydroxyl groups is 1. The van der Waals surface area contributed by atoms with E-state index in [2.05, 4.69) is 13.8 Å². The van der Waals surface area contributed by atoms with Crippen molar-refractivity contribution < 1.29 is 14.6 Å². The van der Waals surface area contributed by atoms with E-state index in [0.29, 0.717) is 29.6 Å². The molecule has 134 valence electrons. The lowest BCUT2D eigenvalue weighted by atomic mass is 9.61. The van der Waals surface area contributed by atoms with Crippen LogP contribution in [0.5, 0.6) is 0 Å². The SMILES string of the molecule is C[C@H](CCCC(=O)OC(C)(C)C)[C@H]1CC[C@H]2C(O)CCC[C@]12C. The Hall–Kier alpha value is -0.570. The zero-order valence-electron chi connectivity index (χ0n) is 15.7. The van der Waals surface area contributed by atoms with Gasteiger partial charge in [-0.1, -0.05) is 20.3 Å². The molecule has 0 aromatic rings. The number of carbonyl (C=O) groups excluding carboxylic acids is 1. The van der Waals surface area contributed by atoms with Gasteiger partial charge in [0.05, 0.1) is 6.10 Å². The summed E-state index contributed by atoms with van der Waals surface area (Å²) in [7, 11) is 0. The molecule has 0 amide bonds. The van der Waals surface area contributed by atoms with Gasteiger partial charge in [0.25, 0.3) is 0 Å². The van der Waals surface area contributed by atoms with E-state index in [9.17, 15) is 9.90 Å². The first kappa shape index (κ1) is 18.8. The maximum absolute atomic E-state index is 11.8. The Bertz CT molecular complexity index is 412. The van der Waals surface area contributed by atoms with Crippen molar-refractivity contribution in [3.05, 3.63) is 0 Å². The fourth-order valence-electron chi connectivity index (χ4n) is 5.29. The van der Waals surface area contributed by atoms with Crippen LogP contribution in [-0.2, 0) is 9.53 Å². The highest BCUT2D eigenvalue weighted by molar-refractivity contribution is 5.69. The molecule has 3 nitrogen and oxygen atoms in total. The average Bonchev–Trinajstić information content (AvgIpc) is 2.75. The summed E-state index contributed by atoms with van der Waals surface area (Å²) in [5.41, 5.74) is -0.0733. The van der Waals surface area contributed by atoms with E-state index in [0.717, 1.165) is 25.7 Å². The van der Waals surface area contributed by atoms with Crippen molar-refractivity contribution in [1.82, 2.24) is 0 Å². The predicted molar refractivity (Wildman–Crippen MR) is 93.0 cm³/mol. The van der Waals surface area contributed by atoms with Crippen molar-refractivity contribution in [2.45, 2.75) is 97.7 Å². The summed E-state index contributed by atoms with van der Waals surface area (Å²) in [5.74, 6) is 1.74. The van der Waals surface area contributed by atoms with Crippen LogP contribution in [0.3, 0.4) is 0 Å². The Morgan fingerprint density at radius 3 is 2.65 bits per heavy atom. The fraction of sp³-hybridized carbons (Fsp3) is 0.950. The summed E-state index contributed by atoms with van der Waals surface area (Å²) in [6.45, 7) is 10.5. The van der Waals surface area contributed by atoms with Gasteiger partial charge in [0, 0.05) is 6.42 Å². The Morgan fingerprint density at radius 1 is 1.30 bits per heavy atom. The van der Waals surface area contributed by atoms with Crippen LogP contribution >= 0.6 is 0 Å². The van der Waals surface area contributed by atoms with Crippen molar-refractivity contribution in [2.75, 3.05) is 0 Å². The topological polar surface area (TPSA) is 46.5 Å². The second kappa shape index (κ2) is 7.13. The third kappa shape index (κ3) is 4.49. The highest BCUT2D eigenvalue weighted by atomic mass is 16.6. The standard InChI is InChI=1S/C20H36O3/c1-14(8-6-10-18(22)23-19(2,3)4)15-11-12-16-17(21)9-7-13-20(15,16)5/h14-17,21H,6-13H2,1-5H3/t14-,15-,16+,17?,20-/m1/s1. The van der Waals surface area contributed by atoms with Gasteiger partial charge in [-0.05, 0) is 82.5 Å². The Kier molecular flexibility index (Phi) is 5.81. The van der Waals surface area contributed by atoms with Gasteiger partial charge in [-0.3, -0.25) is 4.79 Å². The van der Waals surface area contributed by atoms with Gasteiger partial charge >= 0.3 is 5.97 Å². The molecule has 0 bridgehead atoms. The molecule has 3 heteroatoms. The molecule has 0 aromatic carbocycles. The van der Waals surface area contributed by atoms with E-state index in [4.69, 9.17) is 4.74 Å². The molecule has 0 saturated heterocycles. The lowest BCUT2D eigenvalue weighted by Crippen LogP contribution is -2.41. The lowest BCUT2D eigenvalue weighted by molar-refractivity contribution is -0.155. The van der Waals surface area contributed by atoms with Crippen molar-refractivity contribution in [1.29, 1.82) is 0 Å². The predicted octanol–water partition coefficient (Wildman–Crippen LogP) is 4.71. The van der Waals surface area contributed by atoms with Crippen molar-refractivity contribution >= 4 is 5.97 Å². The molecule has 23 heavy (non-hydrogen) atoms. The Morgan fingerprint density at radius 2 is 2.00 bits per heavy atom. The van der Waals surface area contributed by atoms with Gasteiger partial charge in [0.1, 0.15) is 5.60 Å². The van der Waals surface area contributed by atoms with Crippen LogP contribution < -0.4 is 0 Å². The Balaban J connectivity index is 1.82. The van der Waals surface area contributed by atoms with Gasteiger partial charge in [-0.15, -0.1) is 0 Å². The molecule has 0 spiro atoms. The molecular formula is C20H36O3. The minimum atomic E-state index is -0.382. The number of hydrogen-bond acceptors (Lipinski definition) is 3. The summed E-state index contributed by atoms with van der Waals surface area (Å²) in [5, 5.41) is 10.3. The second-order valence-corrected chi connectivity index (χ2v) is 9.21. The van der Waals surface area contributed by atoms with Gasteiger partial charge in [-0.2, -0.15) is 0 Å². The molecule has 2 aliphatic rings. The minimum absolute atomic E-state index is 0.0756. The molecule has 2 fully saturated rings. The maximum Gasteiger partial charge on any atom is 0.306 e. The van der Waals surface area contributed by atoms with Crippen molar-refractivity contribution in [3.8, 4) is 0 Å². The van der Waals surface area contributed by atoms with Gasteiger partial charge in [0.15, 0.2) is 0 Å². The first-order valence-corrected chi connectivity index (χ1v) is 9.53. The van der Waals surface area contributed by atoms with Gasteiger partial charge < -0.3 is 9.84 Å². The smallest absolute Gasteiger partial charge is 0.306 e. The quantitative estimate of drug-likeness (QED) is 0.745. The van der Waals surface area contributed by atoms with Crippen LogP contribution in [0, 0.1) is 23.2 Å². The number of carbonyl (C=O) groups is 1. The summed E-state index contributed by atoms with van der Waals surface area (Å²) < 4.78 is 5.39. The molecule has 0 heterocycles. The summed E-state index contributed by atoms with van der Waals surface area (Å²) in [4.78, 5) is 11.8. The van der Waals surface area contributed by atoms with E-state index < -0.39 is 0 Å². The summed E-state index contributed by atoms with van der Waals surface area (Å²) in [6, 6.07) is 0. The second-order valence-electron chi connectivity index (χ2n) is 9.21. The number of hydrogen-bond donors (Lipinski definition) is 1. The molecule has 2 aliphatic carbocycles. The van der Waals surface area contributed by atoms with Crippen LogP contribution in [-0.4, -0.2) is 22.8 Å². The molecule has 0 radical (unpaired) electrons. The highest BCUT2D eigenvalue weighted by Gasteiger charge is 2.51. The van der Waals surface area contributed by atoms with E-state index in [1.165, 1.54) is 19.3 Å². The zero-order valence-corrected chi connectivity index (χ0v) is 15.7. The number of ether oxygens (including phenoxy) is 1. The zero-order chi connectivity index (χ0) is 17.3. The van der Waals surface area contributed by atoms with Gasteiger partial charge in [-0.25, -0.2) is 0 Å². The monoisotopic (exact) mass is 324 g/mol. The van der Waals surface area contributed by atoms with Crippen LogP contribution in [0.25, 0.3) is 0 Å². The van der Waals surface area contributed by atoms with Crippen molar-refractivity contribution in [2.24, 2.45) is 23.2 Å². The van der Waals surface area contributed by atoms with Crippen LogP contribution in [0.2, 0.25) is 0 Å².